The van der Waals surface area contributed by atoms with E-state index in [2.05, 4.69) is 15.3 Å². The molecule has 1 aromatic carbocycles. The maximum absolute atomic E-state index is 12.7. The zero-order valence-corrected chi connectivity index (χ0v) is 17.5. The van der Waals surface area contributed by atoms with Crippen LogP contribution < -0.4 is 10.1 Å². The number of aromatic nitrogens is 3. The van der Waals surface area contributed by atoms with E-state index < -0.39 is 0 Å². The van der Waals surface area contributed by atoms with Gasteiger partial charge in [-0.15, -0.1) is 0 Å². The van der Waals surface area contributed by atoms with Crippen molar-refractivity contribution in [1.29, 1.82) is 0 Å². The van der Waals surface area contributed by atoms with E-state index in [-0.39, 0.29) is 11.9 Å². The van der Waals surface area contributed by atoms with Crippen molar-refractivity contribution in [1.82, 2.24) is 19.4 Å². The Morgan fingerprint density at radius 1 is 1.33 bits per heavy atom. The summed E-state index contributed by atoms with van der Waals surface area (Å²) in [6.45, 7) is 3.14. The van der Waals surface area contributed by atoms with Crippen LogP contribution in [0.1, 0.15) is 15.9 Å². The minimum Gasteiger partial charge on any atom is -0.495 e. The number of ether oxygens (including phenoxy) is 2. The summed E-state index contributed by atoms with van der Waals surface area (Å²) in [5.41, 5.74) is 4.12. The topological polar surface area (TPSA) is 81.5 Å². The molecule has 0 bridgehead atoms. The van der Waals surface area contributed by atoms with Crippen LogP contribution in [0.4, 0.5) is 11.6 Å². The van der Waals surface area contributed by atoms with Gasteiger partial charge in [-0.1, -0.05) is 0 Å². The second-order valence-corrected chi connectivity index (χ2v) is 7.44. The van der Waals surface area contributed by atoms with Crippen LogP contribution >= 0.6 is 0 Å². The number of hydrogen-bond donors (Lipinski definition) is 1. The van der Waals surface area contributed by atoms with Crippen LogP contribution in [-0.2, 0) is 11.8 Å². The number of carbonyl (C=O) groups is 1. The van der Waals surface area contributed by atoms with Crippen molar-refractivity contribution < 1.29 is 14.3 Å². The van der Waals surface area contributed by atoms with Gasteiger partial charge in [-0.2, -0.15) is 0 Å². The summed E-state index contributed by atoms with van der Waals surface area (Å²) in [5.74, 6) is 0.941. The van der Waals surface area contributed by atoms with Crippen molar-refractivity contribution in [3.05, 3.63) is 54.0 Å². The number of carbonyl (C=O) groups excluding carboxylic acids is 1. The summed E-state index contributed by atoms with van der Waals surface area (Å²) < 4.78 is 12.7. The van der Waals surface area contributed by atoms with E-state index in [1.165, 1.54) is 0 Å². The molecule has 1 aliphatic rings. The zero-order chi connectivity index (χ0) is 21.3. The number of benzene rings is 1. The lowest BCUT2D eigenvalue weighted by Crippen LogP contribution is -2.49. The number of anilines is 2. The Hall–Kier alpha value is -3.39. The number of likely N-dealkylation sites (N-methyl/N-ethyl adjacent to an activating group) is 1. The molecule has 1 fully saturated rings. The second-order valence-electron chi connectivity index (χ2n) is 7.44. The number of methoxy groups -OCH3 is 1. The van der Waals surface area contributed by atoms with E-state index in [1.807, 2.05) is 43.1 Å². The van der Waals surface area contributed by atoms with Crippen molar-refractivity contribution in [2.75, 3.05) is 32.7 Å². The highest BCUT2D eigenvalue weighted by Crippen LogP contribution is 2.30. The molecule has 1 aliphatic heterocycles. The first-order valence-electron chi connectivity index (χ1n) is 9.72. The molecule has 1 amide bonds. The maximum Gasteiger partial charge on any atom is 0.254 e. The molecule has 1 saturated heterocycles. The fraction of sp³-hybridized carbons (Fsp3) is 0.318. The summed E-state index contributed by atoms with van der Waals surface area (Å²) >= 11 is 0. The van der Waals surface area contributed by atoms with Gasteiger partial charge < -0.3 is 24.3 Å². The number of rotatable bonds is 6. The number of hydrogen-bond acceptors (Lipinski definition) is 6. The standard InChI is InChI=1S/C22H25N5O3/c1-14-10-23-22(25-20(14)16-7-8-26(2)11-16)24-18-6-5-15(9-19(18)29-4)21(28)27(3)17-12-30-13-17/h5-11,17H,12-13H2,1-4H3,(H,23,24,25). The molecule has 3 heterocycles. The molecule has 4 rings (SSSR count). The second kappa shape index (κ2) is 8.16. The molecule has 0 atom stereocenters. The predicted molar refractivity (Wildman–Crippen MR) is 114 cm³/mol. The van der Waals surface area contributed by atoms with Gasteiger partial charge >= 0.3 is 0 Å². The molecule has 0 aliphatic carbocycles. The Balaban J connectivity index is 1.58. The Labute approximate surface area is 175 Å². The summed E-state index contributed by atoms with van der Waals surface area (Å²) in [4.78, 5) is 23.5. The molecule has 0 saturated carbocycles. The van der Waals surface area contributed by atoms with Crippen molar-refractivity contribution in [2.45, 2.75) is 13.0 Å². The molecule has 0 radical (unpaired) electrons. The van der Waals surface area contributed by atoms with Crippen LogP contribution in [-0.4, -0.2) is 58.8 Å². The van der Waals surface area contributed by atoms with Crippen molar-refractivity contribution >= 4 is 17.5 Å². The van der Waals surface area contributed by atoms with Gasteiger partial charge in [0.15, 0.2) is 0 Å². The first-order valence-corrected chi connectivity index (χ1v) is 9.72. The third kappa shape index (κ3) is 3.86. The third-order valence-corrected chi connectivity index (χ3v) is 5.26. The van der Waals surface area contributed by atoms with Gasteiger partial charge in [0.2, 0.25) is 5.95 Å². The lowest BCUT2D eigenvalue weighted by atomic mass is 10.1. The summed E-state index contributed by atoms with van der Waals surface area (Å²) in [7, 11) is 5.34. The maximum atomic E-state index is 12.7. The van der Waals surface area contributed by atoms with Gasteiger partial charge in [0.1, 0.15) is 5.75 Å². The summed E-state index contributed by atoms with van der Waals surface area (Å²) in [6.07, 6.45) is 5.79. The summed E-state index contributed by atoms with van der Waals surface area (Å²) in [5, 5.41) is 3.21. The minimum absolute atomic E-state index is 0.0638. The van der Waals surface area contributed by atoms with Crippen LogP contribution in [0.15, 0.2) is 42.9 Å². The first-order chi connectivity index (χ1) is 14.5. The fourth-order valence-electron chi connectivity index (χ4n) is 3.30. The van der Waals surface area contributed by atoms with E-state index in [4.69, 9.17) is 9.47 Å². The Kier molecular flexibility index (Phi) is 5.41. The lowest BCUT2D eigenvalue weighted by Gasteiger charge is -2.34. The van der Waals surface area contributed by atoms with Crippen molar-refractivity contribution in [2.24, 2.45) is 7.05 Å². The number of nitrogens with zero attached hydrogens (tertiary/aromatic N) is 4. The molecule has 30 heavy (non-hydrogen) atoms. The van der Waals surface area contributed by atoms with Gasteiger partial charge in [-0.05, 0) is 36.8 Å². The monoisotopic (exact) mass is 407 g/mol. The molecule has 1 N–H and O–H groups in total. The third-order valence-electron chi connectivity index (χ3n) is 5.26. The Bertz CT molecular complexity index is 1070. The normalized spacial score (nSPS) is 13.6. The van der Waals surface area contributed by atoms with E-state index in [9.17, 15) is 4.79 Å². The van der Waals surface area contributed by atoms with E-state index in [1.54, 1.807) is 37.4 Å². The highest BCUT2D eigenvalue weighted by molar-refractivity contribution is 5.95. The zero-order valence-electron chi connectivity index (χ0n) is 17.5. The molecule has 0 unspecified atom stereocenters. The van der Waals surface area contributed by atoms with Gasteiger partial charge in [-0.3, -0.25) is 4.79 Å². The number of nitrogens with one attached hydrogen (secondary N) is 1. The average Bonchev–Trinajstić information content (AvgIpc) is 3.13. The molecular formula is C22H25N5O3. The fourth-order valence-corrected chi connectivity index (χ4v) is 3.30. The Morgan fingerprint density at radius 2 is 2.13 bits per heavy atom. The quantitative estimate of drug-likeness (QED) is 0.677. The largest absolute Gasteiger partial charge is 0.495 e. The molecular weight excluding hydrogens is 382 g/mol. The molecule has 2 aromatic heterocycles. The van der Waals surface area contributed by atoms with Gasteiger partial charge in [0, 0.05) is 43.8 Å². The van der Waals surface area contributed by atoms with E-state index in [0.29, 0.717) is 36.2 Å². The van der Waals surface area contributed by atoms with Gasteiger partial charge in [0.05, 0.1) is 37.7 Å². The van der Waals surface area contributed by atoms with Crippen LogP contribution in [0.5, 0.6) is 5.75 Å². The van der Waals surface area contributed by atoms with Crippen molar-refractivity contribution in [3.63, 3.8) is 0 Å². The van der Waals surface area contributed by atoms with Gasteiger partial charge in [0.25, 0.3) is 5.91 Å². The van der Waals surface area contributed by atoms with Gasteiger partial charge in [-0.25, -0.2) is 9.97 Å². The molecule has 8 heteroatoms. The van der Waals surface area contributed by atoms with Crippen LogP contribution in [0.25, 0.3) is 11.3 Å². The highest BCUT2D eigenvalue weighted by Gasteiger charge is 2.27. The van der Waals surface area contributed by atoms with Crippen molar-refractivity contribution in [3.8, 4) is 17.0 Å². The molecule has 156 valence electrons. The Morgan fingerprint density at radius 3 is 2.77 bits per heavy atom. The molecule has 0 spiro atoms. The van der Waals surface area contributed by atoms with Crippen LogP contribution in [0, 0.1) is 6.92 Å². The predicted octanol–water partition coefficient (Wildman–Crippen LogP) is 3.01. The average molecular weight is 407 g/mol. The summed E-state index contributed by atoms with van der Waals surface area (Å²) in [6, 6.07) is 7.45. The molecule has 3 aromatic rings. The smallest absolute Gasteiger partial charge is 0.254 e. The lowest BCUT2D eigenvalue weighted by molar-refractivity contribution is -0.0467. The first kappa shape index (κ1) is 19.9. The highest BCUT2D eigenvalue weighted by atomic mass is 16.5. The number of amides is 1. The minimum atomic E-state index is -0.0638. The van der Waals surface area contributed by atoms with E-state index in [0.717, 1.165) is 16.8 Å². The van der Waals surface area contributed by atoms with Crippen LogP contribution in [0.3, 0.4) is 0 Å². The van der Waals surface area contributed by atoms with E-state index >= 15 is 0 Å². The SMILES string of the molecule is COc1cc(C(=O)N(C)C2COC2)ccc1Nc1ncc(C)c(-c2ccn(C)c2)n1. The number of aryl methyl sites for hydroxylation is 2. The molecule has 8 nitrogen and oxygen atoms in total. The van der Waals surface area contributed by atoms with Crippen LogP contribution in [0.2, 0.25) is 0 Å².